The van der Waals surface area contributed by atoms with Crippen LogP contribution in [0, 0.1) is 0 Å². The molecule has 0 bridgehead atoms. The molecule has 1 N–H and O–H groups in total. The van der Waals surface area contributed by atoms with Crippen molar-refractivity contribution >= 4 is 22.6 Å². The minimum atomic E-state index is -0.492. The molecule has 5 heteroatoms. The van der Waals surface area contributed by atoms with E-state index < -0.39 is 6.04 Å². The molecule has 0 aromatic heterocycles. The molecule has 1 atom stereocenters. The standard InChI is InChI=1S/C31H38N2O3/c1-3-29(31(35)32-26-13-5-4-6-14-26)33(22-23-16-19-27(36-2)20-17-23)30(34)21-18-25-12-9-11-24-10-7-8-15-28(24)25/h7-12,15-17,19-20,26,29H,3-6,13-14,18,21-22H2,1-2H3,(H,32,35). The molecule has 3 aromatic rings. The fourth-order valence-electron chi connectivity index (χ4n) is 5.29. The van der Waals surface area contributed by atoms with Crippen LogP contribution in [-0.2, 0) is 22.6 Å². The highest BCUT2D eigenvalue weighted by atomic mass is 16.5. The van der Waals surface area contributed by atoms with Gasteiger partial charge in [-0.2, -0.15) is 0 Å². The Morgan fingerprint density at radius 2 is 1.69 bits per heavy atom. The molecule has 0 spiro atoms. The van der Waals surface area contributed by atoms with E-state index in [1.54, 1.807) is 12.0 Å². The molecular formula is C31H38N2O3. The molecule has 0 heterocycles. The van der Waals surface area contributed by atoms with Gasteiger partial charge in [0.15, 0.2) is 0 Å². The summed E-state index contributed by atoms with van der Waals surface area (Å²) in [6.07, 6.45) is 7.17. The average molecular weight is 487 g/mol. The summed E-state index contributed by atoms with van der Waals surface area (Å²) >= 11 is 0. The molecule has 0 aliphatic heterocycles. The van der Waals surface area contributed by atoms with Crippen molar-refractivity contribution < 1.29 is 14.3 Å². The van der Waals surface area contributed by atoms with Crippen LogP contribution in [0.15, 0.2) is 66.7 Å². The Morgan fingerprint density at radius 1 is 0.972 bits per heavy atom. The number of nitrogens with one attached hydrogen (secondary N) is 1. The number of hydrogen-bond donors (Lipinski definition) is 1. The van der Waals surface area contributed by atoms with Crippen LogP contribution in [0.2, 0.25) is 0 Å². The van der Waals surface area contributed by atoms with E-state index in [1.165, 1.54) is 17.2 Å². The van der Waals surface area contributed by atoms with Crippen molar-refractivity contribution in [2.75, 3.05) is 7.11 Å². The van der Waals surface area contributed by atoms with E-state index in [-0.39, 0.29) is 17.9 Å². The summed E-state index contributed by atoms with van der Waals surface area (Å²) < 4.78 is 5.29. The molecule has 1 aliphatic carbocycles. The fourth-order valence-corrected chi connectivity index (χ4v) is 5.29. The summed E-state index contributed by atoms with van der Waals surface area (Å²) in [5, 5.41) is 5.61. The van der Waals surface area contributed by atoms with Gasteiger partial charge in [0.05, 0.1) is 7.11 Å². The van der Waals surface area contributed by atoms with Crippen molar-refractivity contribution in [2.45, 2.75) is 76.9 Å². The molecule has 2 amide bonds. The number of methoxy groups -OCH3 is 1. The van der Waals surface area contributed by atoms with Gasteiger partial charge in [0.2, 0.25) is 11.8 Å². The second-order valence-corrected chi connectivity index (χ2v) is 9.78. The maximum atomic E-state index is 13.7. The summed E-state index contributed by atoms with van der Waals surface area (Å²) in [7, 11) is 1.64. The summed E-state index contributed by atoms with van der Waals surface area (Å²) in [5.41, 5.74) is 2.14. The van der Waals surface area contributed by atoms with Crippen molar-refractivity contribution in [3.8, 4) is 5.75 Å². The van der Waals surface area contributed by atoms with Crippen molar-refractivity contribution in [2.24, 2.45) is 0 Å². The zero-order chi connectivity index (χ0) is 25.3. The van der Waals surface area contributed by atoms with E-state index in [0.717, 1.165) is 42.6 Å². The minimum Gasteiger partial charge on any atom is -0.497 e. The van der Waals surface area contributed by atoms with Crippen LogP contribution in [-0.4, -0.2) is 35.9 Å². The monoisotopic (exact) mass is 486 g/mol. The summed E-state index contributed by atoms with van der Waals surface area (Å²) in [6, 6.07) is 22.0. The summed E-state index contributed by atoms with van der Waals surface area (Å²) in [6.45, 7) is 2.39. The normalized spacial score (nSPS) is 14.8. The number of hydrogen-bond acceptors (Lipinski definition) is 3. The lowest BCUT2D eigenvalue weighted by Gasteiger charge is -2.33. The lowest BCUT2D eigenvalue weighted by atomic mass is 9.95. The molecule has 1 fully saturated rings. The molecule has 1 aliphatic rings. The molecule has 5 nitrogen and oxygen atoms in total. The van der Waals surface area contributed by atoms with Crippen molar-refractivity contribution in [3.63, 3.8) is 0 Å². The number of amides is 2. The van der Waals surface area contributed by atoms with Gasteiger partial charge in [0.25, 0.3) is 0 Å². The molecule has 3 aromatic carbocycles. The smallest absolute Gasteiger partial charge is 0.243 e. The van der Waals surface area contributed by atoms with Gasteiger partial charge in [0, 0.05) is 19.0 Å². The average Bonchev–Trinajstić information content (AvgIpc) is 2.92. The maximum absolute atomic E-state index is 13.7. The van der Waals surface area contributed by atoms with E-state index in [1.807, 2.05) is 49.4 Å². The number of aryl methyl sites for hydroxylation is 1. The Balaban J connectivity index is 1.53. The van der Waals surface area contributed by atoms with Crippen molar-refractivity contribution in [1.29, 1.82) is 0 Å². The van der Waals surface area contributed by atoms with Gasteiger partial charge in [-0.25, -0.2) is 0 Å². The predicted octanol–water partition coefficient (Wildman–Crippen LogP) is 6.04. The minimum absolute atomic E-state index is 0.00407. The molecular weight excluding hydrogens is 448 g/mol. The molecule has 0 radical (unpaired) electrons. The molecule has 190 valence electrons. The first-order chi connectivity index (χ1) is 17.6. The lowest BCUT2D eigenvalue weighted by molar-refractivity contribution is -0.141. The zero-order valence-electron chi connectivity index (χ0n) is 21.5. The number of carbonyl (C=O) groups excluding carboxylic acids is 2. The zero-order valence-corrected chi connectivity index (χ0v) is 21.5. The first-order valence-corrected chi connectivity index (χ1v) is 13.3. The van der Waals surface area contributed by atoms with Crippen LogP contribution in [0.4, 0.5) is 0 Å². The van der Waals surface area contributed by atoms with Gasteiger partial charge in [-0.05, 0) is 59.7 Å². The Morgan fingerprint density at radius 3 is 2.42 bits per heavy atom. The molecule has 1 saturated carbocycles. The Kier molecular flexibility index (Phi) is 8.99. The highest BCUT2D eigenvalue weighted by molar-refractivity contribution is 5.89. The van der Waals surface area contributed by atoms with E-state index in [2.05, 4.69) is 29.6 Å². The quantitative estimate of drug-likeness (QED) is 0.380. The largest absolute Gasteiger partial charge is 0.497 e. The molecule has 1 unspecified atom stereocenters. The third-order valence-electron chi connectivity index (χ3n) is 7.34. The van der Waals surface area contributed by atoms with E-state index >= 15 is 0 Å². The van der Waals surface area contributed by atoms with Gasteiger partial charge in [-0.3, -0.25) is 9.59 Å². The Bertz CT molecular complexity index is 1150. The molecule has 4 rings (SSSR count). The van der Waals surface area contributed by atoms with Gasteiger partial charge in [-0.15, -0.1) is 0 Å². The molecule has 36 heavy (non-hydrogen) atoms. The van der Waals surface area contributed by atoms with Crippen LogP contribution in [0.25, 0.3) is 10.8 Å². The van der Waals surface area contributed by atoms with Gasteiger partial charge in [0.1, 0.15) is 11.8 Å². The number of carbonyl (C=O) groups is 2. The number of rotatable bonds is 10. The van der Waals surface area contributed by atoms with Gasteiger partial charge < -0.3 is 15.0 Å². The highest BCUT2D eigenvalue weighted by Crippen LogP contribution is 2.23. The number of fused-ring (bicyclic) bond motifs is 1. The summed E-state index contributed by atoms with van der Waals surface area (Å²) in [5.74, 6) is 0.746. The van der Waals surface area contributed by atoms with Crippen molar-refractivity contribution in [3.05, 3.63) is 77.9 Å². The first kappa shape index (κ1) is 25.7. The van der Waals surface area contributed by atoms with Crippen LogP contribution < -0.4 is 10.1 Å². The van der Waals surface area contributed by atoms with Crippen LogP contribution in [0.3, 0.4) is 0 Å². The fraction of sp³-hybridized carbons (Fsp3) is 0.419. The van der Waals surface area contributed by atoms with E-state index in [0.29, 0.717) is 25.8 Å². The van der Waals surface area contributed by atoms with Crippen LogP contribution in [0.5, 0.6) is 5.75 Å². The van der Waals surface area contributed by atoms with E-state index in [9.17, 15) is 9.59 Å². The number of benzene rings is 3. The Labute approximate surface area is 214 Å². The summed E-state index contributed by atoms with van der Waals surface area (Å²) in [4.78, 5) is 28.9. The van der Waals surface area contributed by atoms with Crippen LogP contribution in [0.1, 0.15) is 63.0 Å². The second-order valence-electron chi connectivity index (χ2n) is 9.78. The lowest BCUT2D eigenvalue weighted by Crippen LogP contribution is -2.51. The maximum Gasteiger partial charge on any atom is 0.243 e. The van der Waals surface area contributed by atoms with Gasteiger partial charge >= 0.3 is 0 Å². The first-order valence-electron chi connectivity index (χ1n) is 13.3. The van der Waals surface area contributed by atoms with Crippen molar-refractivity contribution in [1.82, 2.24) is 10.2 Å². The topological polar surface area (TPSA) is 58.6 Å². The Hall–Kier alpha value is -3.34. The highest BCUT2D eigenvalue weighted by Gasteiger charge is 2.30. The third-order valence-corrected chi connectivity index (χ3v) is 7.34. The van der Waals surface area contributed by atoms with E-state index in [4.69, 9.17) is 4.74 Å². The SMILES string of the molecule is CCC(C(=O)NC1CCCCC1)N(Cc1ccc(OC)cc1)C(=O)CCc1cccc2ccccc12. The van der Waals surface area contributed by atoms with Crippen LogP contribution >= 0.6 is 0 Å². The number of nitrogens with zero attached hydrogens (tertiary/aromatic N) is 1. The van der Waals surface area contributed by atoms with Gasteiger partial charge in [-0.1, -0.05) is 80.8 Å². The third kappa shape index (κ3) is 6.45. The second kappa shape index (κ2) is 12.6. The predicted molar refractivity (Wildman–Crippen MR) is 145 cm³/mol. The number of ether oxygens (including phenoxy) is 1. The molecule has 0 saturated heterocycles.